The van der Waals surface area contributed by atoms with Gasteiger partial charge in [-0.3, -0.25) is 0 Å². The van der Waals surface area contributed by atoms with Crippen molar-refractivity contribution in [2.75, 3.05) is 11.9 Å². The number of aromatic carboxylic acids is 1. The smallest absolute Gasteiger partial charge is 0.335 e. The van der Waals surface area contributed by atoms with Gasteiger partial charge in [-0.05, 0) is 31.0 Å². The first-order chi connectivity index (χ1) is 9.15. The van der Waals surface area contributed by atoms with Crippen molar-refractivity contribution >= 4 is 11.8 Å². The molecule has 2 N–H and O–H groups in total. The molecule has 0 fully saturated rings. The van der Waals surface area contributed by atoms with Crippen LogP contribution in [0.5, 0.6) is 0 Å². The van der Waals surface area contributed by atoms with Gasteiger partial charge in [0.1, 0.15) is 5.82 Å². The van der Waals surface area contributed by atoms with Gasteiger partial charge in [-0.1, -0.05) is 30.3 Å². The number of anilines is 1. The summed E-state index contributed by atoms with van der Waals surface area (Å²) in [5.41, 5.74) is 2.19. The predicted molar refractivity (Wildman–Crippen MR) is 74.6 cm³/mol. The third-order valence-corrected chi connectivity index (χ3v) is 2.76. The van der Waals surface area contributed by atoms with Crippen LogP contribution in [0.15, 0.2) is 42.5 Å². The standard InChI is InChI=1S/C15H16N2O2/c1-11-9-13(15(18)19)10-14(17-11)16-8-7-12-5-3-2-4-6-12/h2-6,9-10H,7-8H2,1H3,(H,16,17)(H,18,19). The van der Waals surface area contributed by atoms with Crippen molar-refractivity contribution in [3.63, 3.8) is 0 Å². The lowest BCUT2D eigenvalue weighted by Crippen LogP contribution is -2.08. The highest BCUT2D eigenvalue weighted by atomic mass is 16.4. The van der Waals surface area contributed by atoms with Gasteiger partial charge in [0.15, 0.2) is 0 Å². The number of rotatable bonds is 5. The van der Waals surface area contributed by atoms with Crippen LogP contribution in [-0.4, -0.2) is 22.6 Å². The van der Waals surface area contributed by atoms with Crippen LogP contribution in [0.4, 0.5) is 5.82 Å². The van der Waals surface area contributed by atoms with Gasteiger partial charge in [-0.2, -0.15) is 0 Å². The van der Waals surface area contributed by atoms with Crippen molar-refractivity contribution in [3.8, 4) is 0 Å². The Bertz CT molecular complexity index is 568. The lowest BCUT2D eigenvalue weighted by molar-refractivity contribution is 0.0696. The van der Waals surface area contributed by atoms with Crippen molar-refractivity contribution in [1.29, 1.82) is 0 Å². The average Bonchev–Trinajstić information content (AvgIpc) is 2.39. The number of nitrogens with one attached hydrogen (secondary N) is 1. The summed E-state index contributed by atoms with van der Waals surface area (Å²) in [6.45, 7) is 2.51. The van der Waals surface area contributed by atoms with Crippen LogP contribution in [0.2, 0.25) is 0 Å². The number of carboxylic acids is 1. The first kappa shape index (κ1) is 13.1. The van der Waals surface area contributed by atoms with Crippen molar-refractivity contribution in [3.05, 3.63) is 59.3 Å². The number of carboxylic acid groups (broad SMARTS) is 1. The molecule has 4 heteroatoms. The van der Waals surface area contributed by atoms with E-state index in [1.807, 2.05) is 18.2 Å². The Labute approximate surface area is 112 Å². The highest BCUT2D eigenvalue weighted by Gasteiger charge is 2.06. The quantitative estimate of drug-likeness (QED) is 0.863. The summed E-state index contributed by atoms with van der Waals surface area (Å²) >= 11 is 0. The van der Waals surface area contributed by atoms with Crippen LogP contribution < -0.4 is 5.32 Å². The van der Waals surface area contributed by atoms with Gasteiger partial charge in [-0.25, -0.2) is 9.78 Å². The number of hydrogen-bond acceptors (Lipinski definition) is 3. The third-order valence-electron chi connectivity index (χ3n) is 2.76. The maximum absolute atomic E-state index is 10.9. The fourth-order valence-corrected chi connectivity index (χ4v) is 1.86. The molecule has 1 aromatic heterocycles. The van der Waals surface area contributed by atoms with Gasteiger partial charge >= 0.3 is 5.97 Å². The second-order valence-corrected chi connectivity index (χ2v) is 4.35. The maximum Gasteiger partial charge on any atom is 0.335 e. The molecule has 0 radical (unpaired) electrons. The Balaban J connectivity index is 1.98. The van der Waals surface area contributed by atoms with Crippen LogP contribution in [0.3, 0.4) is 0 Å². The number of nitrogens with zero attached hydrogens (tertiary/aromatic N) is 1. The minimum absolute atomic E-state index is 0.259. The van der Waals surface area contributed by atoms with Gasteiger partial charge in [0.2, 0.25) is 0 Å². The zero-order valence-electron chi connectivity index (χ0n) is 10.8. The minimum Gasteiger partial charge on any atom is -0.478 e. The van der Waals surface area contributed by atoms with E-state index in [0.717, 1.165) is 13.0 Å². The Hall–Kier alpha value is -2.36. The summed E-state index contributed by atoms with van der Waals surface area (Å²) in [6, 6.07) is 13.2. The number of aromatic nitrogens is 1. The second kappa shape index (κ2) is 6.00. The van der Waals surface area contributed by atoms with E-state index in [2.05, 4.69) is 22.4 Å². The molecule has 0 saturated carbocycles. The van der Waals surface area contributed by atoms with Crippen molar-refractivity contribution in [2.24, 2.45) is 0 Å². The Morgan fingerprint density at radius 1 is 1.26 bits per heavy atom. The molecule has 19 heavy (non-hydrogen) atoms. The Morgan fingerprint density at radius 2 is 2.00 bits per heavy atom. The lowest BCUT2D eigenvalue weighted by atomic mass is 10.1. The molecule has 2 aromatic rings. The molecule has 2 rings (SSSR count). The summed E-state index contributed by atoms with van der Waals surface area (Å²) in [5, 5.41) is 12.1. The van der Waals surface area contributed by atoms with Crippen molar-refractivity contribution in [2.45, 2.75) is 13.3 Å². The summed E-state index contributed by atoms with van der Waals surface area (Å²) in [5.74, 6) is -0.329. The predicted octanol–water partition coefficient (Wildman–Crippen LogP) is 2.74. The van der Waals surface area contributed by atoms with Crippen LogP contribution in [-0.2, 0) is 6.42 Å². The monoisotopic (exact) mass is 256 g/mol. The molecular weight excluding hydrogens is 240 g/mol. The van der Waals surface area contributed by atoms with E-state index in [0.29, 0.717) is 11.5 Å². The Kier molecular flexibility index (Phi) is 4.13. The van der Waals surface area contributed by atoms with Crippen LogP contribution in [0.25, 0.3) is 0 Å². The average molecular weight is 256 g/mol. The highest BCUT2D eigenvalue weighted by Crippen LogP contribution is 2.10. The minimum atomic E-state index is -0.934. The van der Waals surface area contributed by atoms with Crippen LogP contribution in [0, 0.1) is 6.92 Å². The molecule has 0 unspecified atom stereocenters. The van der Waals surface area contributed by atoms with Gasteiger partial charge in [0, 0.05) is 12.2 Å². The van der Waals surface area contributed by atoms with Crippen LogP contribution in [0.1, 0.15) is 21.6 Å². The molecule has 0 atom stereocenters. The second-order valence-electron chi connectivity index (χ2n) is 4.35. The lowest BCUT2D eigenvalue weighted by Gasteiger charge is -2.07. The van der Waals surface area contributed by atoms with Gasteiger partial charge < -0.3 is 10.4 Å². The van der Waals surface area contributed by atoms with Gasteiger partial charge in [-0.15, -0.1) is 0 Å². The topological polar surface area (TPSA) is 62.2 Å². The Morgan fingerprint density at radius 3 is 2.68 bits per heavy atom. The van der Waals surface area contributed by atoms with E-state index in [-0.39, 0.29) is 5.56 Å². The molecule has 0 bridgehead atoms. The SMILES string of the molecule is Cc1cc(C(=O)O)cc(NCCc2ccccc2)n1. The van der Waals surface area contributed by atoms with Crippen molar-refractivity contribution in [1.82, 2.24) is 4.98 Å². The molecule has 98 valence electrons. The molecule has 4 nitrogen and oxygen atoms in total. The number of benzene rings is 1. The van der Waals surface area contributed by atoms with E-state index in [1.54, 1.807) is 19.1 Å². The molecular formula is C15H16N2O2. The van der Waals surface area contributed by atoms with E-state index in [1.165, 1.54) is 5.56 Å². The first-order valence-electron chi connectivity index (χ1n) is 6.15. The van der Waals surface area contributed by atoms with E-state index < -0.39 is 5.97 Å². The third kappa shape index (κ3) is 3.81. The normalized spacial score (nSPS) is 10.2. The molecule has 0 aliphatic rings. The van der Waals surface area contributed by atoms with E-state index in [4.69, 9.17) is 5.11 Å². The number of hydrogen-bond donors (Lipinski definition) is 2. The van der Waals surface area contributed by atoms with Crippen LogP contribution >= 0.6 is 0 Å². The van der Waals surface area contributed by atoms with Gasteiger partial charge in [0.25, 0.3) is 0 Å². The summed E-state index contributed by atoms with van der Waals surface area (Å²) in [4.78, 5) is 15.2. The van der Waals surface area contributed by atoms with E-state index in [9.17, 15) is 4.79 Å². The summed E-state index contributed by atoms with van der Waals surface area (Å²) in [7, 11) is 0. The zero-order chi connectivity index (χ0) is 13.7. The fraction of sp³-hybridized carbons (Fsp3) is 0.200. The van der Waals surface area contributed by atoms with E-state index >= 15 is 0 Å². The molecule has 1 aromatic carbocycles. The summed E-state index contributed by atoms with van der Waals surface area (Å²) in [6.07, 6.45) is 0.874. The zero-order valence-corrected chi connectivity index (χ0v) is 10.8. The number of aryl methyl sites for hydroxylation is 1. The molecule has 0 saturated heterocycles. The molecule has 0 amide bonds. The maximum atomic E-state index is 10.9. The molecule has 0 aliphatic heterocycles. The molecule has 1 heterocycles. The highest BCUT2D eigenvalue weighted by molar-refractivity contribution is 5.88. The largest absolute Gasteiger partial charge is 0.478 e. The summed E-state index contributed by atoms with van der Waals surface area (Å²) < 4.78 is 0. The number of carbonyl (C=O) groups is 1. The first-order valence-corrected chi connectivity index (χ1v) is 6.15. The van der Waals surface area contributed by atoms with Crippen molar-refractivity contribution < 1.29 is 9.90 Å². The molecule has 0 spiro atoms. The number of pyridine rings is 1. The molecule has 0 aliphatic carbocycles. The van der Waals surface area contributed by atoms with Gasteiger partial charge in [0.05, 0.1) is 5.56 Å². The fourth-order valence-electron chi connectivity index (χ4n) is 1.86.